The summed E-state index contributed by atoms with van der Waals surface area (Å²) in [6, 6.07) is 5.69. The number of rotatable bonds is 2. The first-order chi connectivity index (χ1) is 8.54. The van der Waals surface area contributed by atoms with Gasteiger partial charge in [-0.15, -0.1) is 11.8 Å². The zero-order valence-electron chi connectivity index (χ0n) is 10.5. The van der Waals surface area contributed by atoms with E-state index in [1.54, 1.807) is 17.8 Å². The van der Waals surface area contributed by atoms with Crippen LogP contribution in [0.1, 0.15) is 23.7 Å². The van der Waals surface area contributed by atoms with E-state index in [1.807, 2.05) is 30.2 Å². The van der Waals surface area contributed by atoms with Crippen LogP contribution in [0.4, 0.5) is 0 Å². The molecule has 3 nitrogen and oxygen atoms in total. The van der Waals surface area contributed by atoms with Gasteiger partial charge in [0.2, 0.25) is 0 Å². The van der Waals surface area contributed by atoms with E-state index in [-0.39, 0.29) is 18.0 Å². The number of hydrogen-bond donors (Lipinski definition) is 1. The normalized spacial score (nSPS) is 23.4. The minimum Gasteiger partial charge on any atom is -0.334 e. The van der Waals surface area contributed by atoms with Gasteiger partial charge in [-0.05, 0) is 37.8 Å². The summed E-state index contributed by atoms with van der Waals surface area (Å²) >= 11 is 7.72. The Labute approximate surface area is 117 Å². The molecule has 18 heavy (non-hydrogen) atoms. The largest absolute Gasteiger partial charge is 0.334 e. The maximum atomic E-state index is 12.5. The van der Waals surface area contributed by atoms with E-state index < -0.39 is 0 Å². The minimum atomic E-state index is -0.0173. The molecular weight excluding hydrogens is 268 g/mol. The highest BCUT2D eigenvalue weighted by molar-refractivity contribution is 7.98. The molecule has 0 saturated carbocycles. The van der Waals surface area contributed by atoms with Crippen LogP contribution in [0.25, 0.3) is 0 Å². The minimum absolute atomic E-state index is 0.0173. The number of likely N-dealkylation sites (tertiary alicyclic amines) is 1. The van der Waals surface area contributed by atoms with Crippen molar-refractivity contribution in [2.75, 3.05) is 12.8 Å². The van der Waals surface area contributed by atoms with Gasteiger partial charge in [-0.25, -0.2) is 0 Å². The number of hydrogen-bond acceptors (Lipinski definition) is 3. The molecule has 2 N–H and O–H groups in total. The molecule has 2 atom stereocenters. The lowest BCUT2D eigenvalue weighted by atomic mass is 10.1. The highest BCUT2D eigenvalue weighted by atomic mass is 35.5. The van der Waals surface area contributed by atoms with Gasteiger partial charge in [0.1, 0.15) is 0 Å². The summed E-state index contributed by atoms with van der Waals surface area (Å²) < 4.78 is 0. The fourth-order valence-corrected chi connectivity index (χ4v) is 2.84. The molecule has 1 amide bonds. The summed E-state index contributed by atoms with van der Waals surface area (Å²) in [4.78, 5) is 15.3. The van der Waals surface area contributed by atoms with E-state index in [0.29, 0.717) is 17.1 Å². The number of carbonyl (C=O) groups excluding carboxylic acids is 1. The Bertz CT molecular complexity index is 466. The van der Waals surface area contributed by atoms with Crippen molar-refractivity contribution in [3.8, 4) is 0 Å². The molecule has 0 aliphatic carbocycles. The fourth-order valence-electron chi connectivity index (χ4n) is 2.20. The van der Waals surface area contributed by atoms with Gasteiger partial charge in [0.05, 0.1) is 10.6 Å². The van der Waals surface area contributed by atoms with Crippen molar-refractivity contribution in [1.82, 2.24) is 4.90 Å². The molecule has 0 aromatic heterocycles. The molecule has 1 aliphatic rings. The van der Waals surface area contributed by atoms with E-state index in [0.717, 1.165) is 11.3 Å². The molecule has 0 spiro atoms. The molecule has 1 fully saturated rings. The molecule has 98 valence electrons. The van der Waals surface area contributed by atoms with Crippen LogP contribution in [0.3, 0.4) is 0 Å². The maximum Gasteiger partial charge on any atom is 0.255 e. The van der Waals surface area contributed by atoms with E-state index in [4.69, 9.17) is 17.3 Å². The first-order valence-electron chi connectivity index (χ1n) is 5.94. The molecule has 1 heterocycles. The molecule has 1 saturated heterocycles. The lowest BCUT2D eigenvalue weighted by Crippen LogP contribution is -2.40. The molecule has 2 rings (SSSR count). The summed E-state index contributed by atoms with van der Waals surface area (Å²) in [5.74, 6) is -0.0173. The van der Waals surface area contributed by atoms with Gasteiger partial charge in [0, 0.05) is 23.5 Å². The summed E-state index contributed by atoms with van der Waals surface area (Å²) in [6.45, 7) is 2.70. The summed E-state index contributed by atoms with van der Waals surface area (Å²) in [6.07, 6.45) is 2.83. The van der Waals surface area contributed by atoms with Gasteiger partial charge in [-0.2, -0.15) is 0 Å². The standard InChI is InChI=1S/C13H17ClN2OS/c1-8-12(15)5-6-16(8)13(17)10-7-9(18-2)3-4-11(10)14/h3-4,7-8,12H,5-6,15H2,1-2H3. The van der Waals surface area contributed by atoms with Crippen LogP contribution in [0.5, 0.6) is 0 Å². The third-order valence-electron chi connectivity index (χ3n) is 3.48. The molecular formula is C13H17ClN2OS. The van der Waals surface area contributed by atoms with Gasteiger partial charge in [0.15, 0.2) is 0 Å². The number of nitrogens with two attached hydrogens (primary N) is 1. The van der Waals surface area contributed by atoms with Crippen molar-refractivity contribution in [1.29, 1.82) is 0 Å². The number of thioether (sulfide) groups is 1. The average molecular weight is 285 g/mol. The summed E-state index contributed by atoms with van der Waals surface area (Å²) in [5.41, 5.74) is 6.52. The second kappa shape index (κ2) is 5.51. The molecule has 1 aromatic carbocycles. The van der Waals surface area contributed by atoms with Crippen LogP contribution < -0.4 is 5.73 Å². The first-order valence-corrected chi connectivity index (χ1v) is 7.55. The van der Waals surface area contributed by atoms with Gasteiger partial charge in [-0.1, -0.05) is 11.6 Å². The Morgan fingerprint density at radius 1 is 1.56 bits per heavy atom. The van der Waals surface area contributed by atoms with Crippen LogP contribution in [0.15, 0.2) is 23.1 Å². The lowest BCUT2D eigenvalue weighted by molar-refractivity contribution is 0.0742. The van der Waals surface area contributed by atoms with E-state index in [1.165, 1.54) is 0 Å². The number of carbonyl (C=O) groups is 1. The van der Waals surface area contributed by atoms with Crippen LogP contribution in [-0.4, -0.2) is 35.7 Å². The van der Waals surface area contributed by atoms with Gasteiger partial charge < -0.3 is 10.6 Å². The number of halogens is 1. The van der Waals surface area contributed by atoms with Crippen molar-refractivity contribution >= 4 is 29.3 Å². The Kier molecular flexibility index (Phi) is 4.20. The molecule has 2 unspecified atom stereocenters. The fraction of sp³-hybridized carbons (Fsp3) is 0.462. The number of amides is 1. The van der Waals surface area contributed by atoms with Crippen LogP contribution in [-0.2, 0) is 0 Å². The van der Waals surface area contributed by atoms with Crippen molar-refractivity contribution < 1.29 is 4.79 Å². The van der Waals surface area contributed by atoms with E-state index >= 15 is 0 Å². The maximum absolute atomic E-state index is 12.5. The first kappa shape index (κ1) is 13.7. The molecule has 1 aliphatic heterocycles. The average Bonchev–Trinajstić information content (AvgIpc) is 2.70. The highest BCUT2D eigenvalue weighted by Crippen LogP contribution is 2.26. The zero-order chi connectivity index (χ0) is 13.3. The molecule has 5 heteroatoms. The quantitative estimate of drug-likeness (QED) is 0.849. The molecule has 1 aromatic rings. The van der Waals surface area contributed by atoms with Crippen molar-refractivity contribution in [3.05, 3.63) is 28.8 Å². The Morgan fingerprint density at radius 2 is 2.28 bits per heavy atom. The predicted octanol–water partition coefficient (Wildman–Crippen LogP) is 2.62. The highest BCUT2D eigenvalue weighted by Gasteiger charge is 2.32. The molecule has 0 bridgehead atoms. The van der Waals surface area contributed by atoms with Gasteiger partial charge in [0.25, 0.3) is 5.91 Å². The van der Waals surface area contributed by atoms with Crippen molar-refractivity contribution in [2.45, 2.75) is 30.3 Å². The smallest absolute Gasteiger partial charge is 0.255 e. The monoisotopic (exact) mass is 284 g/mol. The SMILES string of the molecule is CSc1ccc(Cl)c(C(=O)N2CCC(N)C2C)c1. The number of nitrogens with zero attached hydrogens (tertiary/aromatic N) is 1. The Balaban J connectivity index is 2.28. The predicted molar refractivity (Wildman–Crippen MR) is 76.3 cm³/mol. The van der Waals surface area contributed by atoms with Crippen LogP contribution in [0.2, 0.25) is 5.02 Å². The summed E-state index contributed by atoms with van der Waals surface area (Å²) in [5, 5.41) is 0.505. The third-order valence-corrected chi connectivity index (χ3v) is 4.53. The number of benzene rings is 1. The van der Waals surface area contributed by atoms with E-state index in [9.17, 15) is 4.79 Å². The zero-order valence-corrected chi connectivity index (χ0v) is 12.1. The third kappa shape index (κ3) is 2.51. The Morgan fingerprint density at radius 3 is 2.83 bits per heavy atom. The molecule has 0 radical (unpaired) electrons. The second-order valence-electron chi connectivity index (χ2n) is 4.54. The lowest BCUT2D eigenvalue weighted by Gasteiger charge is -2.23. The summed E-state index contributed by atoms with van der Waals surface area (Å²) in [7, 11) is 0. The van der Waals surface area contributed by atoms with Gasteiger partial charge in [-0.3, -0.25) is 4.79 Å². The van der Waals surface area contributed by atoms with Crippen LogP contribution in [0, 0.1) is 0 Å². The van der Waals surface area contributed by atoms with Gasteiger partial charge >= 0.3 is 0 Å². The van der Waals surface area contributed by atoms with E-state index in [2.05, 4.69) is 0 Å². The Hall–Kier alpha value is -0.710. The second-order valence-corrected chi connectivity index (χ2v) is 5.82. The van der Waals surface area contributed by atoms with Crippen molar-refractivity contribution in [3.63, 3.8) is 0 Å². The van der Waals surface area contributed by atoms with Crippen molar-refractivity contribution in [2.24, 2.45) is 5.73 Å². The topological polar surface area (TPSA) is 46.3 Å². The van der Waals surface area contributed by atoms with Crippen LogP contribution >= 0.6 is 23.4 Å².